The Morgan fingerprint density at radius 1 is 1.35 bits per heavy atom. The molecule has 2 N–H and O–H groups in total. The standard InChI is InChI=1S/C10H19N3O2S2/c1-6(2)10-12-7(3)9(16-10)8(4)13(5)17(11,14)15/h6,8H,1-5H3,(H2,11,14,15)/t8-/m0/s1. The maximum absolute atomic E-state index is 11.3. The molecule has 1 rings (SSSR count). The van der Waals surface area contributed by atoms with E-state index in [9.17, 15) is 8.42 Å². The van der Waals surface area contributed by atoms with E-state index >= 15 is 0 Å². The van der Waals surface area contributed by atoms with Crippen LogP contribution in [0.15, 0.2) is 0 Å². The smallest absolute Gasteiger partial charge is 0.246 e. The van der Waals surface area contributed by atoms with Crippen LogP contribution in [0, 0.1) is 6.92 Å². The number of nitrogens with two attached hydrogens (primary N) is 1. The number of thiazole rings is 1. The first-order valence-corrected chi connectivity index (χ1v) is 7.69. The molecule has 0 unspecified atom stereocenters. The van der Waals surface area contributed by atoms with E-state index < -0.39 is 10.2 Å². The van der Waals surface area contributed by atoms with Crippen molar-refractivity contribution in [2.75, 3.05) is 7.05 Å². The van der Waals surface area contributed by atoms with Gasteiger partial charge >= 0.3 is 0 Å². The summed E-state index contributed by atoms with van der Waals surface area (Å²) in [5, 5.41) is 6.14. The number of nitrogens with zero attached hydrogens (tertiary/aromatic N) is 2. The minimum Gasteiger partial charge on any atom is -0.246 e. The normalized spacial score (nSPS) is 14.6. The second-order valence-electron chi connectivity index (χ2n) is 4.39. The number of hydrogen-bond acceptors (Lipinski definition) is 4. The molecule has 0 aliphatic heterocycles. The Balaban J connectivity index is 3.09. The van der Waals surface area contributed by atoms with Crippen molar-refractivity contribution in [1.29, 1.82) is 0 Å². The predicted molar refractivity (Wildman–Crippen MR) is 70.2 cm³/mol. The van der Waals surface area contributed by atoms with Crippen LogP contribution in [-0.4, -0.2) is 24.8 Å². The summed E-state index contributed by atoms with van der Waals surface area (Å²) in [5.74, 6) is 0.347. The van der Waals surface area contributed by atoms with Crippen LogP contribution in [-0.2, 0) is 10.2 Å². The van der Waals surface area contributed by atoms with Crippen LogP contribution in [0.5, 0.6) is 0 Å². The second-order valence-corrected chi connectivity index (χ2v) is 7.06. The molecular weight excluding hydrogens is 258 g/mol. The molecule has 0 aromatic carbocycles. The average molecular weight is 277 g/mol. The largest absolute Gasteiger partial charge is 0.277 e. The number of aromatic nitrogens is 1. The molecule has 5 nitrogen and oxygen atoms in total. The molecule has 1 heterocycles. The van der Waals surface area contributed by atoms with Gasteiger partial charge in [0, 0.05) is 17.8 Å². The van der Waals surface area contributed by atoms with Crippen molar-refractivity contribution in [3.05, 3.63) is 15.6 Å². The van der Waals surface area contributed by atoms with Crippen molar-refractivity contribution in [1.82, 2.24) is 9.29 Å². The highest BCUT2D eigenvalue weighted by atomic mass is 32.2. The molecule has 0 aliphatic rings. The molecule has 1 aromatic rings. The summed E-state index contributed by atoms with van der Waals surface area (Å²) in [7, 11) is -2.19. The monoisotopic (exact) mass is 277 g/mol. The van der Waals surface area contributed by atoms with Gasteiger partial charge in [-0.2, -0.15) is 12.7 Å². The molecule has 7 heteroatoms. The van der Waals surface area contributed by atoms with Gasteiger partial charge in [0.05, 0.1) is 16.7 Å². The van der Waals surface area contributed by atoms with Crippen molar-refractivity contribution >= 4 is 21.5 Å². The highest BCUT2D eigenvalue weighted by molar-refractivity contribution is 7.86. The van der Waals surface area contributed by atoms with Crippen LogP contribution >= 0.6 is 11.3 Å². The molecule has 17 heavy (non-hydrogen) atoms. The van der Waals surface area contributed by atoms with E-state index in [2.05, 4.69) is 18.8 Å². The Morgan fingerprint density at radius 2 is 1.88 bits per heavy atom. The Hall–Kier alpha value is -0.500. The number of aryl methyl sites for hydroxylation is 1. The average Bonchev–Trinajstić information content (AvgIpc) is 2.57. The van der Waals surface area contributed by atoms with Gasteiger partial charge in [0.1, 0.15) is 0 Å². The van der Waals surface area contributed by atoms with Crippen molar-refractivity contribution in [2.45, 2.75) is 39.7 Å². The van der Waals surface area contributed by atoms with Crippen molar-refractivity contribution in [3.63, 3.8) is 0 Å². The van der Waals surface area contributed by atoms with Crippen molar-refractivity contribution in [2.24, 2.45) is 5.14 Å². The van der Waals surface area contributed by atoms with Crippen molar-refractivity contribution < 1.29 is 8.42 Å². The molecular formula is C10H19N3O2S2. The van der Waals surface area contributed by atoms with E-state index in [1.54, 1.807) is 11.3 Å². The van der Waals surface area contributed by atoms with Gasteiger partial charge in [-0.15, -0.1) is 11.3 Å². The number of hydrogen-bond donors (Lipinski definition) is 1. The van der Waals surface area contributed by atoms with Gasteiger partial charge in [-0.3, -0.25) is 0 Å². The maximum Gasteiger partial charge on any atom is 0.277 e. The fraction of sp³-hybridized carbons (Fsp3) is 0.700. The first-order chi connectivity index (χ1) is 7.64. The van der Waals surface area contributed by atoms with Crippen LogP contribution in [0.25, 0.3) is 0 Å². The third-order valence-electron chi connectivity index (χ3n) is 2.67. The molecule has 0 radical (unpaired) electrons. The second kappa shape index (κ2) is 5.01. The Bertz CT molecular complexity index is 494. The van der Waals surface area contributed by atoms with Crippen LogP contribution in [0.3, 0.4) is 0 Å². The molecule has 0 amide bonds. The Labute approximate surface area is 107 Å². The molecule has 0 fully saturated rings. The van der Waals surface area contributed by atoms with E-state index in [0.29, 0.717) is 5.92 Å². The minimum atomic E-state index is -3.67. The minimum absolute atomic E-state index is 0.282. The molecule has 1 aromatic heterocycles. The lowest BCUT2D eigenvalue weighted by molar-refractivity contribution is 0.402. The zero-order valence-corrected chi connectivity index (χ0v) is 12.4. The fourth-order valence-electron chi connectivity index (χ4n) is 1.45. The van der Waals surface area contributed by atoms with Crippen molar-refractivity contribution in [3.8, 4) is 0 Å². The third kappa shape index (κ3) is 3.25. The molecule has 0 aliphatic carbocycles. The summed E-state index contributed by atoms with van der Waals surface area (Å²) < 4.78 is 23.7. The molecule has 98 valence electrons. The fourth-order valence-corrected chi connectivity index (χ4v) is 3.23. The van der Waals surface area contributed by atoms with Crippen LogP contribution < -0.4 is 5.14 Å². The predicted octanol–water partition coefficient (Wildman–Crippen LogP) is 1.77. The summed E-state index contributed by atoms with van der Waals surface area (Å²) in [6, 6.07) is -0.282. The zero-order valence-electron chi connectivity index (χ0n) is 10.8. The van der Waals surface area contributed by atoms with Gasteiger partial charge < -0.3 is 0 Å². The number of rotatable bonds is 4. The highest BCUT2D eigenvalue weighted by Crippen LogP contribution is 2.32. The molecule has 1 atom stereocenters. The molecule has 0 spiro atoms. The van der Waals surface area contributed by atoms with Crippen LogP contribution in [0.2, 0.25) is 0 Å². The van der Waals surface area contributed by atoms with Gasteiger partial charge in [0.15, 0.2) is 0 Å². The Morgan fingerprint density at radius 3 is 2.24 bits per heavy atom. The van der Waals surface area contributed by atoms with Gasteiger partial charge in [-0.1, -0.05) is 13.8 Å². The summed E-state index contributed by atoms with van der Waals surface area (Å²) in [6.45, 7) is 7.84. The Kier molecular flexibility index (Phi) is 4.29. The quantitative estimate of drug-likeness (QED) is 0.911. The van der Waals surface area contributed by atoms with Gasteiger partial charge in [-0.05, 0) is 13.8 Å². The van der Waals surface area contributed by atoms with Gasteiger partial charge in [0.2, 0.25) is 0 Å². The van der Waals surface area contributed by atoms with Gasteiger partial charge in [-0.25, -0.2) is 10.1 Å². The lowest BCUT2D eigenvalue weighted by Gasteiger charge is -2.21. The molecule has 0 bridgehead atoms. The van der Waals surface area contributed by atoms with Crippen LogP contribution in [0.4, 0.5) is 0 Å². The van der Waals surface area contributed by atoms with Crippen LogP contribution in [0.1, 0.15) is 48.3 Å². The first kappa shape index (κ1) is 14.6. The summed E-state index contributed by atoms with van der Waals surface area (Å²) in [6.07, 6.45) is 0. The molecule has 0 saturated carbocycles. The lowest BCUT2D eigenvalue weighted by Crippen LogP contribution is -2.35. The third-order valence-corrected chi connectivity index (χ3v) is 5.42. The highest BCUT2D eigenvalue weighted by Gasteiger charge is 2.24. The van der Waals surface area contributed by atoms with E-state index in [0.717, 1.165) is 19.9 Å². The first-order valence-electron chi connectivity index (χ1n) is 5.37. The SMILES string of the molecule is Cc1nc(C(C)C)sc1[C@H](C)N(C)S(N)(=O)=O. The summed E-state index contributed by atoms with van der Waals surface area (Å²) in [5.41, 5.74) is 0.877. The van der Waals surface area contributed by atoms with E-state index in [4.69, 9.17) is 5.14 Å². The lowest BCUT2D eigenvalue weighted by atomic mass is 10.2. The zero-order chi connectivity index (χ0) is 13.4. The van der Waals surface area contributed by atoms with E-state index in [1.807, 2.05) is 13.8 Å². The van der Waals surface area contributed by atoms with E-state index in [-0.39, 0.29) is 6.04 Å². The topological polar surface area (TPSA) is 76.3 Å². The summed E-state index contributed by atoms with van der Waals surface area (Å²) in [4.78, 5) is 5.40. The van der Waals surface area contributed by atoms with Gasteiger partial charge in [0.25, 0.3) is 10.2 Å². The maximum atomic E-state index is 11.3. The van der Waals surface area contributed by atoms with E-state index in [1.165, 1.54) is 7.05 Å². The summed E-state index contributed by atoms with van der Waals surface area (Å²) >= 11 is 1.55. The molecule has 0 saturated heterocycles.